The summed E-state index contributed by atoms with van der Waals surface area (Å²) in [6.07, 6.45) is 1.61. The summed E-state index contributed by atoms with van der Waals surface area (Å²) in [5.41, 5.74) is 0.783. The molecule has 1 aromatic carbocycles. The van der Waals surface area contributed by atoms with Gasteiger partial charge in [0.05, 0.1) is 11.5 Å². The van der Waals surface area contributed by atoms with Crippen LogP contribution in [0.5, 0.6) is 0 Å². The van der Waals surface area contributed by atoms with E-state index in [2.05, 4.69) is 5.32 Å². The van der Waals surface area contributed by atoms with Crippen molar-refractivity contribution in [1.82, 2.24) is 0 Å². The second-order valence-corrected chi connectivity index (χ2v) is 7.02. The zero-order chi connectivity index (χ0) is 13.0. The maximum Gasteiger partial charge on any atom is 0.224 e. The fourth-order valence-electron chi connectivity index (χ4n) is 2.14. The van der Waals surface area contributed by atoms with E-state index in [9.17, 15) is 13.2 Å². The predicted molar refractivity (Wildman–Crippen MR) is 71.1 cm³/mol. The number of benzene rings is 1. The molecule has 0 atom stereocenters. The number of hydrogen-bond acceptors (Lipinski definition) is 3. The Morgan fingerprint density at radius 3 is 2.39 bits per heavy atom. The van der Waals surface area contributed by atoms with Crippen molar-refractivity contribution in [1.29, 1.82) is 0 Å². The molecule has 1 heterocycles. The molecule has 1 fully saturated rings. The largest absolute Gasteiger partial charge is 0.326 e. The van der Waals surface area contributed by atoms with Crippen LogP contribution in [0, 0.1) is 5.92 Å². The van der Waals surface area contributed by atoms with Gasteiger partial charge < -0.3 is 5.32 Å². The average molecular weight is 267 g/mol. The standard InChI is InChI=1S/C13H17NO3S/c15-13(14-12-4-2-1-3-5-12)10-11-6-8-18(16,17)9-7-11/h1-5,11H,6-10H2,(H,14,15). The number of hydrogen-bond donors (Lipinski definition) is 1. The minimum absolute atomic E-state index is 0.0366. The average Bonchev–Trinajstić information content (AvgIpc) is 2.33. The van der Waals surface area contributed by atoms with Crippen LogP contribution in [-0.2, 0) is 14.6 Å². The molecule has 5 heteroatoms. The van der Waals surface area contributed by atoms with Crippen LogP contribution in [0.4, 0.5) is 5.69 Å². The summed E-state index contributed by atoms with van der Waals surface area (Å²) in [6.45, 7) is 0. The van der Waals surface area contributed by atoms with Gasteiger partial charge in [-0.3, -0.25) is 4.79 Å². The maximum absolute atomic E-state index is 11.8. The van der Waals surface area contributed by atoms with Crippen LogP contribution in [0.3, 0.4) is 0 Å². The Hall–Kier alpha value is -1.36. The predicted octanol–water partition coefficient (Wildman–Crippen LogP) is 1.84. The van der Waals surface area contributed by atoms with Gasteiger partial charge in [-0.1, -0.05) is 18.2 Å². The van der Waals surface area contributed by atoms with E-state index in [4.69, 9.17) is 0 Å². The number of carbonyl (C=O) groups excluding carboxylic acids is 1. The first kappa shape index (κ1) is 13.1. The third-order valence-corrected chi connectivity index (χ3v) is 4.92. The van der Waals surface area contributed by atoms with Crippen molar-refractivity contribution < 1.29 is 13.2 Å². The Kier molecular flexibility index (Phi) is 4.01. The molecule has 0 radical (unpaired) electrons. The number of amides is 1. The van der Waals surface area contributed by atoms with Crippen molar-refractivity contribution in [2.24, 2.45) is 5.92 Å². The molecule has 1 N–H and O–H groups in total. The molecule has 0 aliphatic carbocycles. The van der Waals surface area contributed by atoms with Crippen molar-refractivity contribution >= 4 is 21.4 Å². The van der Waals surface area contributed by atoms with E-state index >= 15 is 0 Å². The zero-order valence-corrected chi connectivity index (χ0v) is 10.9. The van der Waals surface area contributed by atoms with Crippen LogP contribution in [0.15, 0.2) is 30.3 Å². The Morgan fingerprint density at radius 1 is 1.17 bits per heavy atom. The van der Waals surface area contributed by atoms with E-state index in [0.29, 0.717) is 19.3 Å². The van der Waals surface area contributed by atoms with Crippen molar-refractivity contribution in [3.05, 3.63) is 30.3 Å². The summed E-state index contributed by atoms with van der Waals surface area (Å²) < 4.78 is 22.5. The van der Waals surface area contributed by atoms with E-state index in [1.165, 1.54) is 0 Å². The molecule has 1 amide bonds. The van der Waals surface area contributed by atoms with Gasteiger partial charge in [0.15, 0.2) is 0 Å². The fourth-order valence-corrected chi connectivity index (χ4v) is 3.73. The minimum atomic E-state index is -2.84. The first-order valence-electron chi connectivity index (χ1n) is 6.10. The molecule has 4 nitrogen and oxygen atoms in total. The van der Waals surface area contributed by atoms with Gasteiger partial charge in [0.1, 0.15) is 9.84 Å². The Balaban J connectivity index is 1.82. The minimum Gasteiger partial charge on any atom is -0.326 e. The molecule has 98 valence electrons. The zero-order valence-electron chi connectivity index (χ0n) is 10.1. The van der Waals surface area contributed by atoms with E-state index in [0.717, 1.165) is 5.69 Å². The molecule has 0 aromatic heterocycles. The highest BCUT2D eigenvalue weighted by Crippen LogP contribution is 2.22. The summed E-state index contributed by atoms with van der Waals surface area (Å²) in [5, 5.41) is 2.82. The van der Waals surface area contributed by atoms with E-state index in [1.54, 1.807) is 0 Å². The molecular weight excluding hydrogens is 250 g/mol. The molecule has 18 heavy (non-hydrogen) atoms. The van der Waals surface area contributed by atoms with Crippen LogP contribution in [0.1, 0.15) is 19.3 Å². The number of rotatable bonds is 3. The molecule has 0 bridgehead atoms. The Morgan fingerprint density at radius 2 is 1.78 bits per heavy atom. The SMILES string of the molecule is O=C(CC1CCS(=O)(=O)CC1)Nc1ccccc1. The van der Waals surface area contributed by atoms with E-state index in [1.807, 2.05) is 30.3 Å². The number of nitrogens with one attached hydrogen (secondary N) is 1. The van der Waals surface area contributed by atoms with Gasteiger partial charge in [-0.2, -0.15) is 0 Å². The molecule has 0 saturated carbocycles. The number of carbonyl (C=O) groups is 1. The number of para-hydroxylation sites is 1. The van der Waals surface area contributed by atoms with E-state index in [-0.39, 0.29) is 23.3 Å². The lowest BCUT2D eigenvalue weighted by Gasteiger charge is -2.21. The second-order valence-electron chi connectivity index (χ2n) is 4.71. The lowest BCUT2D eigenvalue weighted by Crippen LogP contribution is -2.26. The summed E-state index contributed by atoms with van der Waals surface area (Å²) in [5.74, 6) is 0.592. The van der Waals surface area contributed by atoms with Crippen LogP contribution in [0.25, 0.3) is 0 Å². The molecular formula is C13H17NO3S. The normalized spacial score (nSPS) is 19.3. The van der Waals surface area contributed by atoms with Gasteiger partial charge in [-0.25, -0.2) is 8.42 Å². The first-order valence-corrected chi connectivity index (χ1v) is 7.93. The maximum atomic E-state index is 11.8. The highest BCUT2D eigenvalue weighted by Gasteiger charge is 2.25. The third-order valence-electron chi connectivity index (χ3n) is 3.21. The fraction of sp³-hybridized carbons (Fsp3) is 0.462. The quantitative estimate of drug-likeness (QED) is 0.909. The summed E-state index contributed by atoms with van der Waals surface area (Å²) in [4.78, 5) is 11.8. The summed E-state index contributed by atoms with van der Waals surface area (Å²) >= 11 is 0. The van der Waals surface area contributed by atoms with Gasteiger partial charge in [0.25, 0.3) is 0 Å². The lowest BCUT2D eigenvalue weighted by atomic mass is 9.98. The molecule has 0 spiro atoms. The molecule has 1 aliphatic heterocycles. The highest BCUT2D eigenvalue weighted by molar-refractivity contribution is 7.91. The Bertz CT molecular complexity index is 496. The van der Waals surface area contributed by atoms with Crippen molar-refractivity contribution in [3.8, 4) is 0 Å². The van der Waals surface area contributed by atoms with E-state index < -0.39 is 9.84 Å². The Labute approximate surface area is 107 Å². The third kappa shape index (κ3) is 3.84. The molecule has 1 aromatic rings. The van der Waals surface area contributed by atoms with Crippen LogP contribution in [-0.4, -0.2) is 25.8 Å². The number of sulfone groups is 1. The lowest BCUT2D eigenvalue weighted by molar-refractivity contribution is -0.117. The van der Waals surface area contributed by atoms with Crippen LogP contribution < -0.4 is 5.32 Å². The molecule has 0 unspecified atom stereocenters. The van der Waals surface area contributed by atoms with Gasteiger partial charge in [0.2, 0.25) is 5.91 Å². The van der Waals surface area contributed by atoms with Gasteiger partial charge in [-0.15, -0.1) is 0 Å². The van der Waals surface area contributed by atoms with Crippen molar-refractivity contribution in [3.63, 3.8) is 0 Å². The summed E-state index contributed by atoms with van der Waals surface area (Å²) in [7, 11) is -2.84. The van der Waals surface area contributed by atoms with Crippen LogP contribution >= 0.6 is 0 Å². The number of anilines is 1. The molecule has 1 saturated heterocycles. The van der Waals surface area contributed by atoms with Crippen molar-refractivity contribution in [2.45, 2.75) is 19.3 Å². The highest BCUT2D eigenvalue weighted by atomic mass is 32.2. The van der Waals surface area contributed by atoms with Gasteiger partial charge in [-0.05, 0) is 30.9 Å². The summed E-state index contributed by atoms with van der Waals surface area (Å²) in [6, 6.07) is 9.29. The second kappa shape index (κ2) is 5.52. The topological polar surface area (TPSA) is 63.2 Å². The van der Waals surface area contributed by atoms with Crippen LogP contribution in [0.2, 0.25) is 0 Å². The van der Waals surface area contributed by atoms with Gasteiger partial charge >= 0.3 is 0 Å². The van der Waals surface area contributed by atoms with Crippen molar-refractivity contribution in [2.75, 3.05) is 16.8 Å². The molecule has 1 aliphatic rings. The smallest absolute Gasteiger partial charge is 0.224 e. The monoisotopic (exact) mass is 267 g/mol. The molecule has 2 rings (SSSR count). The first-order chi connectivity index (χ1) is 8.55. The van der Waals surface area contributed by atoms with Gasteiger partial charge in [0, 0.05) is 12.1 Å².